The third-order valence-electron chi connectivity index (χ3n) is 5.99. The molecule has 0 aromatic rings. The average molecular weight is 332 g/mol. The standard InChI is InChI=1S/C19H28N2O3/c1-23-21-8-6-19-11-13(3-2-7-20)4-5-17(19)24-16-10-15(22)9-14(12-21)18(16)19/h6,8,11,14-15,17,22H,2-5,7,9-10,12,20H2,1H3/t14?,15-,17?,19?/m1/s1. The van der Waals surface area contributed by atoms with Gasteiger partial charge in [-0.25, -0.2) is 0 Å². The number of nitrogens with zero attached hydrogens (tertiary/aromatic N) is 1. The highest BCUT2D eigenvalue weighted by molar-refractivity contribution is 5.44. The van der Waals surface area contributed by atoms with Gasteiger partial charge < -0.3 is 15.6 Å². The molecule has 0 saturated carbocycles. The second-order valence-electron chi connectivity index (χ2n) is 7.50. The predicted molar refractivity (Wildman–Crippen MR) is 91.5 cm³/mol. The minimum atomic E-state index is -0.316. The Morgan fingerprint density at radius 2 is 2.38 bits per heavy atom. The minimum Gasteiger partial charge on any atom is -0.493 e. The molecule has 0 fully saturated rings. The summed E-state index contributed by atoms with van der Waals surface area (Å²) in [5.74, 6) is 1.30. The second kappa shape index (κ2) is 6.21. The summed E-state index contributed by atoms with van der Waals surface area (Å²) in [5.41, 5.74) is 8.43. The van der Waals surface area contributed by atoms with Gasteiger partial charge in [0.2, 0.25) is 0 Å². The number of allylic oxidation sites excluding steroid dienone is 1. The van der Waals surface area contributed by atoms with Crippen LogP contribution in [-0.2, 0) is 9.57 Å². The molecule has 5 nitrogen and oxygen atoms in total. The van der Waals surface area contributed by atoms with Crippen molar-refractivity contribution in [2.45, 2.75) is 50.7 Å². The van der Waals surface area contributed by atoms with Crippen LogP contribution in [0, 0.1) is 11.3 Å². The maximum atomic E-state index is 10.3. The van der Waals surface area contributed by atoms with Gasteiger partial charge in [-0.1, -0.05) is 11.6 Å². The van der Waals surface area contributed by atoms with E-state index < -0.39 is 0 Å². The van der Waals surface area contributed by atoms with Crippen LogP contribution >= 0.6 is 0 Å². The summed E-state index contributed by atoms with van der Waals surface area (Å²) >= 11 is 0. The summed E-state index contributed by atoms with van der Waals surface area (Å²) in [6, 6.07) is 0. The maximum absolute atomic E-state index is 10.3. The molecule has 4 atom stereocenters. The molecule has 0 amide bonds. The highest BCUT2D eigenvalue weighted by Gasteiger charge is 2.54. The minimum absolute atomic E-state index is 0.157. The third kappa shape index (κ3) is 2.50. The van der Waals surface area contributed by atoms with Crippen LogP contribution in [0.3, 0.4) is 0 Å². The number of hydrogen-bond donors (Lipinski definition) is 2. The lowest BCUT2D eigenvalue weighted by Gasteiger charge is -2.37. The van der Waals surface area contributed by atoms with Crippen LogP contribution in [0.25, 0.3) is 0 Å². The molecule has 3 N–H and O–H groups in total. The lowest BCUT2D eigenvalue weighted by Crippen LogP contribution is -2.37. The van der Waals surface area contributed by atoms with Gasteiger partial charge in [0.1, 0.15) is 6.10 Å². The fourth-order valence-corrected chi connectivity index (χ4v) is 4.98. The fraction of sp³-hybridized carbons (Fsp3) is 0.684. The van der Waals surface area contributed by atoms with E-state index in [0.717, 1.165) is 51.0 Å². The Balaban J connectivity index is 1.78. The summed E-state index contributed by atoms with van der Waals surface area (Å²) in [7, 11) is 1.70. The lowest BCUT2D eigenvalue weighted by atomic mass is 9.64. The van der Waals surface area contributed by atoms with Gasteiger partial charge in [-0.2, -0.15) is 0 Å². The van der Waals surface area contributed by atoms with E-state index >= 15 is 0 Å². The number of aliphatic hydroxyl groups excluding tert-OH is 1. The third-order valence-corrected chi connectivity index (χ3v) is 5.99. The summed E-state index contributed by atoms with van der Waals surface area (Å²) in [4.78, 5) is 5.50. The first-order valence-electron chi connectivity index (χ1n) is 9.15. The number of rotatable bonds is 4. The first kappa shape index (κ1) is 16.2. The van der Waals surface area contributed by atoms with Crippen molar-refractivity contribution < 1.29 is 14.7 Å². The number of hydrogen-bond acceptors (Lipinski definition) is 5. The number of aliphatic hydroxyl groups is 1. The van der Waals surface area contributed by atoms with Crippen molar-refractivity contribution in [2.75, 3.05) is 20.2 Å². The molecule has 0 aromatic heterocycles. The van der Waals surface area contributed by atoms with E-state index in [2.05, 4.69) is 18.4 Å². The van der Waals surface area contributed by atoms with Gasteiger partial charge in [0.05, 0.1) is 30.9 Å². The normalized spacial score (nSPS) is 37.5. The van der Waals surface area contributed by atoms with E-state index in [0.29, 0.717) is 6.42 Å². The quantitative estimate of drug-likeness (QED) is 0.773. The Hall–Kier alpha value is -1.30. The molecule has 0 bridgehead atoms. The van der Waals surface area contributed by atoms with Gasteiger partial charge in [-0.3, -0.25) is 9.90 Å². The predicted octanol–water partition coefficient (Wildman–Crippen LogP) is 2.25. The number of ether oxygens (including phenoxy) is 1. The Labute approximate surface area is 143 Å². The summed E-state index contributed by atoms with van der Waals surface area (Å²) < 4.78 is 6.36. The highest BCUT2D eigenvalue weighted by Crippen LogP contribution is 2.57. The van der Waals surface area contributed by atoms with E-state index in [-0.39, 0.29) is 23.5 Å². The van der Waals surface area contributed by atoms with Gasteiger partial charge in [-0.05, 0) is 50.3 Å². The van der Waals surface area contributed by atoms with Crippen molar-refractivity contribution in [1.29, 1.82) is 0 Å². The van der Waals surface area contributed by atoms with Crippen LogP contribution in [0.4, 0.5) is 0 Å². The molecular weight excluding hydrogens is 304 g/mol. The lowest BCUT2D eigenvalue weighted by molar-refractivity contribution is -0.0966. The Morgan fingerprint density at radius 3 is 3.17 bits per heavy atom. The van der Waals surface area contributed by atoms with E-state index in [1.165, 1.54) is 11.1 Å². The zero-order valence-electron chi connectivity index (χ0n) is 14.4. The summed E-state index contributed by atoms with van der Waals surface area (Å²) in [5, 5.41) is 12.2. The molecule has 132 valence electrons. The van der Waals surface area contributed by atoms with Gasteiger partial charge in [-0.15, -0.1) is 0 Å². The van der Waals surface area contributed by atoms with E-state index in [9.17, 15) is 5.11 Å². The highest BCUT2D eigenvalue weighted by atomic mass is 16.7. The van der Waals surface area contributed by atoms with Gasteiger partial charge in [0.25, 0.3) is 0 Å². The number of hydroxylamine groups is 2. The SMILES string of the molecule is CON1C=CC23C=C(CCCN)CCC2OC2=C3C(C[C@@H](O)C2)C1. The van der Waals surface area contributed by atoms with Crippen molar-refractivity contribution in [3.63, 3.8) is 0 Å². The molecule has 0 aromatic carbocycles. The van der Waals surface area contributed by atoms with Gasteiger partial charge in [0, 0.05) is 18.5 Å². The zero-order valence-corrected chi connectivity index (χ0v) is 14.4. The van der Waals surface area contributed by atoms with Crippen molar-refractivity contribution >= 4 is 0 Å². The summed E-state index contributed by atoms with van der Waals surface area (Å²) in [6.07, 6.45) is 12.3. The van der Waals surface area contributed by atoms with Crippen LogP contribution in [0.15, 0.2) is 35.3 Å². The van der Waals surface area contributed by atoms with Crippen molar-refractivity contribution in [1.82, 2.24) is 5.06 Å². The number of nitrogens with two attached hydrogens (primary N) is 1. The van der Waals surface area contributed by atoms with Crippen LogP contribution in [0.2, 0.25) is 0 Å². The Bertz CT molecular complexity index is 597. The molecule has 4 aliphatic rings. The van der Waals surface area contributed by atoms with Crippen LogP contribution < -0.4 is 5.73 Å². The summed E-state index contributed by atoms with van der Waals surface area (Å²) in [6.45, 7) is 1.51. The largest absolute Gasteiger partial charge is 0.493 e. The molecule has 0 radical (unpaired) electrons. The molecule has 1 spiro atoms. The first-order chi connectivity index (χ1) is 11.7. The fourth-order valence-electron chi connectivity index (χ4n) is 4.98. The monoisotopic (exact) mass is 332 g/mol. The topological polar surface area (TPSA) is 68.0 Å². The van der Waals surface area contributed by atoms with Gasteiger partial charge >= 0.3 is 0 Å². The van der Waals surface area contributed by atoms with E-state index in [1.54, 1.807) is 7.11 Å². The van der Waals surface area contributed by atoms with Crippen molar-refractivity contribution in [3.8, 4) is 0 Å². The Morgan fingerprint density at radius 1 is 1.50 bits per heavy atom. The van der Waals surface area contributed by atoms with Gasteiger partial charge in [0.15, 0.2) is 0 Å². The van der Waals surface area contributed by atoms with Crippen molar-refractivity contribution in [2.24, 2.45) is 17.1 Å². The van der Waals surface area contributed by atoms with E-state index in [1.807, 2.05) is 5.06 Å². The van der Waals surface area contributed by atoms with Crippen LogP contribution in [-0.4, -0.2) is 42.6 Å². The molecule has 0 saturated heterocycles. The molecule has 2 heterocycles. The molecule has 24 heavy (non-hydrogen) atoms. The molecule has 4 rings (SSSR count). The molecular formula is C19H28N2O3. The maximum Gasteiger partial charge on any atom is 0.115 e. The average Bonchev–Trinajstić information content (AvgIpc) is 2.80. The smallest absolute Gasteiger partial charge is 0.115 e. The molecule has 2 aliphatic carbocycles. The van der Waals surface area contributed by atoms with Crippen LogP contribution in [0.1, 0.15) is 38.5 Å². The molecule has 5 heteroatoms. The van der Waals surface area contributed by atoms with Crippen LogP contribution in [0.5, 0.6) is 0 Å². The van der Waals surface area contributed by atoms with Crippen molar-refractivity contribution in [3.05, 3.63) is 35.3 Å². The molecule has 3 unspecified atom stereocenters. The van der Waals surface area contributed by atoms with E-state index in [4.69, 9.17) is 15.3 Å². The second-order valence-corrected chi connectivity index (χ2v) is 7.50. The Kier molecular flexibility index (Phi) is 4.19. The first-order valence-corrected chi connectivity index (χ1v) is 9.15. The molecule has 2 aliphatic heterocycles. The zero-order chi connectivity index (χ0) is 16.7.